The number of benzene rings is 1. The molecule has 1 amide bonds. The maximum atomic E-state index is 12.9. The number of aromatic nitrogens is 1. The van der Waals surface area contributed by atoms with E-state index in [2.05, 4.69) is 43.1 Å². The minimum atomic E-state index is 0.0836. The summed E-state index contributed by atoms with van der Waals surface area (Å²) in [6, 6.07) is 11.0. The van der Waals surface area contributed by atoms with Crippen molar-refractivity contribution in [3.8, 4) is 0 Å². The first-order chi connectivity index (χ1) is 10.5. The predicted molar refractivity (Wildman–Crippen MR) is 90.5 cm³/mol. The molecule has 0 spiro atoms. The molecular weight excluding hydrogens is 292 g/mol. The van der Waals surface area contributed by atoms with Gasteiger partial charge in [0.2, 0.25) is 0 Å². The van der Waals surface area contributed by atoms with Crippen LogP contribution >= 0.6 is 11.3 Å². The summed E-state index contributed by atoms with van der Waals surface area (Å²) in [6.45, 7) is 8.25. The predicted octanol–water partition coefficient (Wildman–Crippen LogP) is 4.17. The average molecular weight is 314 g/mol. The van der Waals surface area contributed by atoms with Crippen LogP contribution in [0.25, 0.3) is 0 Å². The quantitative estimate of drug-likeness (QED) is 0.833. The molecule has 3 atom stereocenters. The normalized spacial score (nSPS) is 24.7. The lowest BCUT2D eigenvalue weighted by Gasteiger charge is -2.27. The molecule has 3 nitrogen and oxygen atoms in total. The van der Waals surface area contributed by atoms with E-state index in [-0.39, 0.29) is 18.0 Å². The Labute approximate surface area is 136 Å². The molecule has 0 N–H and O–H groups in total. The van der Waals surface area contributed by atoms with Crippen LogP contribution < -0.4 is 0 Å². The smallest absolute Gasteiger partial charge is 0.274 e. The van der Waals surface area contributed by atoms with E-state index in [1.807, 2.05) is 24.8 Å². The molecule has 1 aliphatic heterocycles. The largest absolute Gasteiger partial charge is 0.331 e. The highest BCUT2D eigenvalue weighted by molar-refractivity contribution is 7.11. The molecule has 22 heavy (non-hydrogen) atoms. The van der Waals surface area contributed by atoms with Crippen molar-refractivity contribution in [2.24, 2.45) is 0 Å². The Morgan fingerprint density at radius 1 is 1.23 bits per heavy atom. The molecule has 3 unspecified atom stereocenters. The second-order valence-corrected chi connectivity index (χ2v) is 7.60. The van der Waals surface area contributed by atoms with Crippen LogP contribution in [0.2, 0.25) is 0 Å². The van der Waals surface area contributed by atoms with Gasteiger partial charge >= 0.3 is 0 Å². The summed E-state index contributed by atoms with van der Waals surface area (Å²) in [5.41, 5.74) is 1.96. The van der Waals surface area contributed by atoms with Crippen molar-refractivity contribution in [2.75, 3.05) is 0 Å². The second-order valence-electron chi connectivity index (χ2n) is 6.19. The number of thiazole rings is 1. The van der Waals surface area contributed by atoms with Gasteiger partial charge in [-0.15, -0.1) is 11.3 Å². The van der Waals surface area contributed by atoms with Crippen LogP contribution in [0.3, 0.4) is 0 Å². The lowest BCUT2D eigenvalue weighted by molar-refractivity contribution is 0.0682. The van der Waals surface area contributed by atoms with E-state index in [1.54, 1.807) is 11.3 Å². The minimum Gasteiger partial charge on any atom is -0.331 e. The van der Waals surface area contributed by atoms with E-state index in [0.29, 0.717) is 11.6 Å². The molecule has 0 saturated carbocycles. The number of carbonyl (C=O) groups is 1. The molecule has 0 radical (unpaired) electrons. The van der Waals surface area contributed by atoms with Crippen LogP contribution in [-0.4, -0.2) is 27.9 Å². The molecule has 0 bridgehead atoms. The monoisotopic (exact) mass is 314 g/mol. The molecule has 116 valence electrons. The molecule has 2 heterocycles. The van der Waals surface area contributed by atoms with Crippen molar-refractivity contribution >= 4 is 17.2 Å². The van der Waals surface area contributed by atoms with E-state index in [9.17, 15) is 4.79 Å². The van der Waals surface area contributed by atoms with Crippen LogP contribution in [0.1, 0.15) is 52.1 Å². The average Bonchev–Trinajstić information content (AvgIpc) is 2.98. The fourth-order valence-electron chi connectivity index (χ4n) is 3.62. The Bertz CT molecular complexity index is 680. The third-order valence-electron chi connectivity index (χ3n) is 4.66. The maximum absolute atomic E-state index is 12.9. The summed E-state index contributed by atoms with van der Waals surface area (Å²) in [7, 11) is 0. The summed E-state index contributed by atoms with van der Waals surface area (Å²) in [5, 5.41) is 0.958. The van der Waals surface area contributed by atoms with Gasteiger partial charge < -0.3 is 4.90 Å². The highest BCUT2D eigenvalue weighted by Crippen LogP contribution is 2.38. The Morgan fingerprint density at radius 2 is 1.91 bits per heavy atom. The summed E-state index contributed by atoms with van der Waals surface area (Å²) in [6.07, 6.45) is 1.01. The van der Waals surface area contributed by atoms with Gasteiger partial charge in [-0.25, -0.2) is 4.98 Å². The van der Waals surface area contributed by atoms with Crippen LogP contribution in [0.5, 0.6) is 0 Å². The topological polar surface area (TPSA) is 33.2 Å². The van der Waals surface area contributed by atoms with Gasteiger partial charge in [0.1, 0.15) is 5.69 Å². The van der Waals surface area contributed by atoms with Gasteiger partial charge in [0.25, 0.3) is 5.91 Å². The summed E-state index contributed by atoms with van der Waals surface area (Å²) in [4.78, 5) is 20.4. The van der Waals surface area contributed by atoms with Crippen LogP contribution in [0.15, 0.2) is 30.3 Å². The van der Waals surface area contributed by atoms with Crippen molar-refractivity contribution in [2.45, 2.75) is 52.1 Å². The number of hydrogen-bond donors (Lipinski definition) is 0. The van der Waals surface area contributed by atoms with Gasteiger partial charge in [0, 0.05) is 22.9 Å². The first-order valence-electron chi connectivity index (χ1n) is 7.80. The lowest BCUT2D eigenvalue weighted by Crippen LogP contribution is -2.40. The highest BCUT2D eigenvalue weighted by Gasteiger charge is 2.40. The first kappa shape index (κ1) is 15.2. The van der Waals surface area contributed by atoms with Crippen LogP contribution in [0.4, 0.5) is 0 Å². The molecule has 1 aromatic heterocycles. The van der Waals surface area contributed by atoms with Crippen molar-refractivity contribution in [1.29, 1.82) is 0 Å². The Morgan fingerprint density at radius 3 is 2.50 bits per heavy atom. The molecule has 4 heteroatoms. The number of amides is 1. The van der Waals surface area contributed by atoms with Crippen LogP contribution in [-0.2, 0) is 0 Å². The van der Waals surface area contributed by atoms with Gasteiger partial charge in [0.05, 0.1) is 5.01 Å². The van der Waals surface area contributed by atoms with E-state index in [0.717, 1.165) is 16.3 Å². The summed E-state index contributed by atoms with van der Waals surface area (Å²) < 4.78 is 0. The Balaban J connectivity index is 1.88. The number of nitrogens with zero attached hydrogens (tertiary/aromatic N) is 2. The van der Waals surface area contributed by atoms with Gasteiger partial charge in [-0.1, -0.05) is 30.3 Å². The highest BCUT2D eigenvalue weighted by atomic mass is 32.1. The molecule has 1 aliphatic rings. The standard InChI is InChI=1S/C18H22N2OS/c1-11-10-16(15-8-6-5-7-9-15)12(2)20(11)18(21)17-13(3)22-14(4)19-17/h5-9,11-12,16H,10H2,1-4H3. The van der Waals surface area contributed by atoms with Gasteiger partial charge in [0.15, 0.2) is 0 Å². The van der Waals surface area contributed by atoms with Crippen LogP contribution in [0, 0.1) is 13.8 Å². The number of likely N-dealkylation sites (tertiary alicyclic amines) is 1. The zero-order chi connectivity index (χ0) is 15.9. The molecule has 3 rings (SSSR count). The Kier molecular flexibility index (Phi) is 4.04. The molecule has 2 aromatic rings. The summed E-state index contributed by atoms with van der Waals surface area (Å²) >= 11 is 1.60. The first-order valence-corrected chi connectivity index (χ1v) is 8.62. The van der Waals surface area contributed by atoms with Gasteiger partial charge in [-0.3, -0.25) is 4.79 Å². The zero-order valence-corrected chi connectivity index (χ0v) is 14.4. The number of hydrogen-bond acceptors (Lipinski definition) is 3. The zero-order valence-electron chi connectivity index (χ0n) is 13.5. The number of carbonyl (C=O) groups excluding carboxylic acids is 1. The SMILES string of the molecule is Cc1nc(C(=O)N2C(C)CC(c3ccccc3)C2C)c(C)s1. The van der Waals surface area contributed by atoms with Crippen molar-refractivity contribution in [1.82, 2.24) is 9.88 Å². The molecular formula is C18H22N2OS. The molecule has 0 aliphatic carbocycles. The van der Waals surface area contributed by atoms with Gasteiger partial charge in [-0.2, -0.15) is 0 Å². The van der Waals surface area contributed by atoms with E-state index < -0.39 is 0 Å². The molecule has 1 fully saturated rings. The lowest BCUT2D eigenvalue weighted by atomic mass is 9.92. The van der Waals surface area contributed by atoms with Crippen molar-refractivity contribution in [3.05, 3.63) is 51.5 Å². The van der Waals surface area contributed by atoms with E-state index in [1.165, 1.54) is 5.56 Å². The fourth-order valence-corrected chi connectivity index (χ4v) is 4.43. The van der Waals surface area contributed by atoms with E-state index >= 15 is 0 Å². The van der Waals surface area contributed by atoms with Gasteiger partial charge in [-0.05, 0) is 39.7 Å². The van der Waals surface area contributed by atoms with Crippen molar-refractivity contribution < 1.29 is 4.79 Å². The summed E-state index contributed by atoms with van der Waals surface area (Å²) in [5.74, 6) is 0.487. The number of aryl methyl sites for hydroxylation is 2. The van der Waals surface area contributed by atoms with E-state index in [4.69, 9.17) is 0 Å². The maximum Gasteiger partial charge on any atom is 0.274 e. The third kappa shape index (κ3) is 2.56. The molecule has 1 aromatic carbocycles. The third-order valence-corrected chi connectivity index (χ3v) is 5.55. The number of rotatable bonds is 2. The minimum absolute atomic E-state index is 0.0836. The fraction of sp³-hybridized carbons (Fsp3) is 0.444. The second kappa shape index (κ2) is 5.84. The molecule has 1 saturated heterocycles. The van der Waals surface area contributed by atoms with Crippen molar-refractivity contribution in [3.63, 3.8) is 0 Å². The Hall–Kier alpha value is -1.68.